The van der Waals surface area contributed by atoms with Gasteiger partial charge in [-0.25, -0.2) is 13.3 Å². The molecular weight excluding hydrogens is 484 g/mol. The van der Waals surface area contributed by atoms with Crippen molar-refractivity contribution >= 4 is 39.1 Å². The van der Waals surface area contributed by atoms with E-state index in [9.17, 15) is 18.0 Å². The van der Waals surface area contributed by atoms with Crippen LogP contribution >= 0.6 is 11.6 Å². The van der Waals surface area contributed by atoms with Crippen LogP contribution in [-0.2, 0) is 19.6 Å². The van der Waals surface area contributed by atoms with E-state index >= 15 is 0 Å². The molecule has 8 heteroatoms. The number of nitrogens with zero attached hydrogens (tertiary/aromatic N) is 2. The second-order valence-electron chi connectivity index (χ2n) is 9.46. The molecule has 0 aromatic heterocycles. The molecule has 4 rings (SSSR count). The fraction of sp³-hybridized carbons (Fsp3) is 0.407. The highest BCUT2D eigenvalue weighted by atomic mass is 35.5. The smallest absolute Gasteiger partial charge is 0.252 e. The first-order chi connectivity index (χ1) is 16.7. The number of amides is 2. The molecule has 35 heavy (non-hydrogen) atoms. The van der Waals surface area contributed by atoms with Gasteiger partial charge >= 0.3 is 0 Å². The summed E-state index contributed by atoms with van der Waals surface area (Å²) in [5.74, 6) is -0.594. The first kappa shape index (κ1) is 25.6. The zero-order valence-corrected chi connectivity index (χ0v) is 21.7. The molecule has 1 heterocycles. The standard InChI is InChI=1S/C27H31ClN2O4S/c1-19(2)21-8-12-23(13-9-21)30-26(31)18-25(27(30)32)29(17-16-20-6-4-3-5-7-20)35(33,34)24-14-10-22(28)11-15-24/h6,8-15,19,25H,3-5,7,16-18H2,1-2H3. The summed E-state index contributed by atoms with van der Waals surface area (Å²) in [6.45, 7) is 4.28. The Morgan fingerprint density at radius 1 is 1.03 bits per heavy atom. The third kappa shape index (κ3) is 5.52. The second kappa shape index (κ2) is 10.6. The first-order valence-electron chi connectivity index (χ1n) is 12.1. The van der Waals surface area contributed by atoms with Crippen molar-refractivity contribution in [2.75, 3.05) is 11.4 Å². The number of rotatable bonds is 8. The number of imide groups is 1. The van der Waals surface area contributed by atoms with E-state index in [0.717, 1.165) is 36.1 Å². The number of carbonyl (C=O) groups excluding carboxylic acids is 2. The number of benzene rings is 2. The highest BCUT2D eigenvalue weighted by Gasteiger charge is 2.46. The van der Waals surface area contributed by atoms with Crippen LogP contribution in [-0.4, -0.2) is 37.1 Å². The summed E-state index contributed by atoms with van der Waals surface area (Å²) in [6.07, 6.45) is 6.65. The number of carbonyl (C=O) groups is 2. The molecule has 0 bridgehead atoms. The van der Waals surface area contributed by atoms with Crippen LogP contribution in [0.25, 0.3) is 0 Å². The molecule has 0 spiro atoms. The zero-order chi connectivity index (χ0) is 25.2. The van der Waals surface area contributed by atoms with Gasteiger partial charge in [-0.15, -0.1) is 0 Å². The van der Waals surface area contributed by atoms with Crippen LogP contribution in [0.4, 0.5) is 5.69 Å². The van der Waals surface area contributed by atoms with Gasteiger partial charge in [0.15, 0.2) is 0 Å². The van der Waals surface area contributed by atoms with E-state index in [1.54, 1.807) is 12.1 Å². The second-order valence-corrected chi connectivity index (χ2v) is 11.8. The molecule has 6 nitrogen and oxygen atoms in total. The van der Waals surface area contributed by atoms with Crippen molar-refractivity contribution in [1.29, 1.82) is 0 Å². The van der Waals surface area contributed by atoms with Crippen molar-refractivity contribution in [2.45, 2.75) is 69.2 Å². The minimum absolute atomic E-state index is 0.0551. The van der Waals surface area contributed by atoms with E-state index in [-0.39, 0.29) is 17.9 Å². The number of sulfonamides is 1. The van der Waals surface area contributed by atoms with Crippen molar-refractivity contribution in [3.63, 3.8) is 0 Å². The number of hydrogen-bond acceptors (Lipinski definition) is 4. The normalized spacial score (nSPS) is 19.1. The number of allylic oxidation sites excluding steroid dienone is 1. The van der Waals surface area contributed by atoms with Gasteiger partial charge in [0.2, 0.25) is 15.9 Å². The van der Waals surface area contributed by atoms with Crippen molar-refractivity contribution in [3.05, 3.63) is 70.8 Å². The Labute approximate surface area is 212 Å². The van der Waals surface area contributed by atoms with E-state index in [1.165, 1.54) is 34.1 Å². The molecule has 186 valence electrons. The first-order valence-corrected chi connectivity index (χ1v) is 13.9. The van der Waals surface area contributed by atoms with E-state index in [0.29, 0.717) is 23.0 Å². The van der Waals surface area contributed by atoms with Crippen LogP contribution in [0.15, 0.2) is 65.1 Å². The minimum atomic E-state index is -4.03. The van der Waals surface area contributed by atoms with Gasteiger partial charge in [-0.3, -0.25) is 9.59 Å². The topological polar surface area (TPSA) is 74.8 Å². The lowest BCUT2D eigenvalue weighted by atomic mass is 9.97. The van der Waals surface area contributed by atoms with Gasteiger partial charge in [-0.1, -0.05) is 49.2 Å². The Morgan fingerprint density at radius 3 is 2.31 bits per heavy atom. The molecule has 1 atom stereocenters. The number of anilines is 1. The molecule has 0 radical (unpaired) electrons. The summed E-state index contributed by atoms with van der Waals surface area (Å²) >= 11 is 5.97. The highest BCUT2D eigenvalue weighted by Crippen LogP contribution is 2.32. The van der Waals surface area contributed by atoms with Gasteiger partial charge in [0.05, 0.1) is 17.0 Å². The predicted molar refractivity (Wildman–Crippen MR) is 138 cm³/mol. The van der Waals surface area contributed by atoms with Gasteiger partial charge in [0, 0.05) is 11.6 Å². The van der Waals surface area contributed by atoms with E-state index in [2.05, 4.69) is 19.9 Å². The molecule has 1 aliphatic heterocycles. The van der Waals surface area contributed by atoms with E-state index in [1.807, 2.05) is 12.1 Å². The molecule has 1 fully saturated rings. The zero-order valence-electron chi connectivity index (χ0n) is 20.1. The van der Waals surface area contributed by atoms with Gasteiger partial charge in [-0.2, -0.15) is 4.31 Å². The molecule has 0 saturated carbocycles. The fourth-order valence-electron chi connectivity index (χ4n) is 4.69. The predicted octanol–water partition coefficient (Wildman–Crippen LogP) is 5.68. The molecule has 2 aromatic rings. The largest absolute Gasteiger partial charge is 0.274 e. The van der Waals surface area contributed by atoms with Gasteiger partial charge in [-0.05, 0) is 80.0 Å². The number of halogens is 1. The average Bonchev–Trinajstić information content (AvgIpc) is 3.13. The van der Waals surface area contributed by atoms with E-state index < -0.39 is 27.9 Å². The summed E-state index contributed by atoms with van der Waals surface area (Å²) in [5, 5.41) is 0.422. The third-order valence-corrected chi connectivity index (χ3v) is 8.92. The average molecular weight is 515 g/mol. The summed E-state index contributed by atoms with van der Waals surface area (Å²) in [7, 11) is -4.03. The van der Waals surface area contributed by atoms with Crippen molar-refractivity contribution in [2.24, 2.45) is 0 Å². The molecule has 1 saturated heterocycles. The molecule has 2 amide bonds. The monoisotopic (exact) mass is 514 g/mol. The minimum Gasteiger partial charge on any atom is -0.274 e. The maximum Gasteiger partial charge on any atom is 0.252 e. The lowest BCUT2D eigenvalue weighted by Gasteiger charge is -2.28. The van der Waals surface area contributed by atoms with Gasteiger partial charge in [0.1, 0.15) is 6.04 Å². The molecule has 2 aromatic carbocycles. The quantitative estimate of drug-likeness (QED) is 0.335. The van der Waals surface area contributed by atoms with Gasteiger partial charge in [0.25, 0.3) is 5.91 Å². The van der Waals surface area contributed by atoms with Crippen LogP contribution in [0.2, 0.25) is 5.02 Å². The maximum atomic E-state index is 13.7. The van der Waals surface area contributed by atoms with Crippen molar-refractivity contribution in [3.8, 4) is 0 Å². The lowest BCUT2D eigenvalue weighted by molar-refractivity contribution is -0.122. The summed E-state index contributed by atoms with van der Waals surface area (Å²) in [5.41, 5.74) is 2.76. The SMILES string of the molecule is CC(C)c1ccc(N2C(=O)CC(N(CCC3=CCCCC3)S(=O)(=O)c3ccc(Cl)cc3)C2=O)cc1. The third-order valence-electron chi connectivity index (χ3n) is 6.75. The molecule has 1 aliphatic carbocycles. The Bertz CT molecular complexity index is 1220. The lowest BCUT2D eigenvalue weighted by Crippen LogP contribution is -2.46. The van der Waals surface area contributed by atoms with Crippen LogP contribution in [0.3, 0.4) is 0 Å². The molecular formula is C27H31ClN2O4S. The van der Waals surface area contributed by atoms with Crippen molar-refractivity contribution in [1.82, 2.24) is 4.31 Å². The van der Waals surface area contributed by atoms with Crippen LogP contribution in [0, 0.1) is 0 Å². The molecule has 1 unspecified atom stereocenters. The summed E-state index contributed by atoms with van der Waals surface area (Å²) < 4.78 is 28.6. The van der Waals surface area contributed by atoms with Crippen molar-refractivity contribution < 1.29 is 18.0 Å². The summed E-state index contributed by atoms with van der Waals surface area (Å²) in [6, 6.07) is 12.1. The van der Waals surface area contributed by atoms with Gasteiger partial charge < -0.3 is 0 Å². The highest BCUT2D eigenvalue weighted by molar-refractivity contribution is 7.89. The Hall–Kier alpha value is -2.48. The van der Waals surface area contributed by atoms with E-state index in [4.69, 9.17) is 11.6 Å². The Morgan fingerprint density at radius 2 is 1.71 bits per heavy atom. The molecule has 0 N–H and O–H groups in total. The fourth-order valence-corrected chi connectivity index (χ4v) is 6.40. The Balaban J connectivity index is 1.65. The maximum absolute atomic E-state index is 13.7. The summed E-state index contributed by atoms with van der Waals surface area (Å²) in [4.78, 5) is 27.7. The Kier molecular flexibility index (Phi) is 7.79. The van der Waals surface area contributed by atoms with Crippen LogP contribution in [0.1, 0.15) is 63.9 Å². The van der Waals surface area contributed by atoms with Crippen LogP contribution < -0.4 is 4.90 Å². The van der Waals surface area contributed by atoms with Crippen LogP contribution in [0.5, 0.6) is 0 Å². The molecule has 2 aliphatic rings. The number of hydrogen-bond donors (Lipinski definition) is 0.